The van der Waals surface area contributed by atoms with E-state index in [0.29, 0.717) is 12.3 Å². The van der Waals surface area contributed by atoms with Gasteiger partial charge in [-0.1, -0.05) is 30.0 Å². The first kappa shape index (κ1) is 14.3. The number of pyridine rings is 1. The number of hydrogen-bond donors (Lipinski definition) is 0. The fraction of sp³-hybridized carbons (Fsp3) is 0.235. The third kappa shape index (κ3) is 2.49. The molecule has 0 aliphatic carbocycles. The Kier molecular flexibility index (Phi) is 3.53. The molecule has 0 N–H and O–H groups in total. The highest BCUT2D eigenvalue weighted by Gasteiger charge is 2.31. The highest BCUT2D eigenvalue weighted by molar-refractivity contribution is 8.00. The molecule has 0 spiro atoms. The van der Waals surface area contributed by atoms with Crippen LogP contribution < -0.4 is 9.80 Å². The van der Waals surface area contributed by atoms with Crippen molar-refractivity contribution in [3.8, 4) is 0 Å². The maximum atomic E-state index is 12.7. The van der Waals surface area contributed by atoms with Crippen LogP contribution >= 0.6 is 11.8 Å². The molecule has 0 atom stereocenters. The summed E-state index contributed by atoms with van der Waals surface area (Å²) in [6.07, 6.45) is 2.57. The van der Waals surface area contributed by atoms with Crippen LogP contribution in [0, 0.1) is 0 Å². The molecule has 0 saturated carbocycles. The lowest BCUT2D eigenvalue weighted by atomic mass is 10.2. The lowest BCUT2D eigenvalue weighted by Gasteiger charge is -2.29. The maximum absolute atomic E-state index is 12.7. The average Bonchev–Trinajstić information content (AvgIpc) is 3.01. The summed E-state index contributed by atoms with van der Waals surface area (Å²) in [5.74, 6) is 0.231. The molecule has 6 heteroatoms. The van der Waals surface area contributed by atoms with E-state index in [4.69, 9.17) is 0 Å². The number of rotatable bonds is 2. The largest absolute Gasteiger partial charge is 0.310 e. The molecule has 0 bridgehead atoms. The molecule has 3 heterocycles. The molecule has 23 heavy (non-hydrogen) atoms. The first-order chi connectivity index (χ1) is 11.2. The van der Waals surface area contributed by atoms with E-state index in [-0.39, 0.29) is 18.4 Å². The van der Waals surface area contributed by atoms with E-state index >= 15 is 0 Å². The normalized spacial score (nSPS) is 16.3. The van der Waals surface area contributed by atoms with Crippen LogP contribution in [0.3, 0.4) is 0 Å². The van der Waals surface area contributed by atoms with Gasteiger partial charge in [0.2, 0.25) is 11.8 Å². The number of hydrogen-bond acceptors (Lipinski definition) is 4. The minimum atomic E-state index is -0.0509. The fourth-order valence-electron chi connectivity index (χ4n) is 3.03. The minimum Gasteiger partial charge on any atom is -0.310 e. The van der Waals surface area contributed by atoms with Crippen molar-refractivity contribution < 1.29 is 9.59 Å². The summed E-state index contributed by atoms with van der Waals surface area (Å²) in [6, 6.07) is 11.6. The Morgan fingerprint density at radius 2 is 2.00 bits per heavy atom. The van der Waals surface area contributed by atoms with Crippen LogP contribution in [-0.4, -0.2) is 35.6 Å². The molecule has 2 amide bonds. The van der Waals surface area contributed by atoms with Gasteiger partial charge in [0.15, 0.2) is 0 Å². The van der Waals surface area contributed by atoms with Crippen molar-refractivity contribution in [1.29, 1.82) is 0 Å². The van der Waals surface area contributed by atoms with Gasteiger partial charge in [0, 0.05) is 18.4 Å². The topological polar surface area (TPSA) is 53.5 Å². The summed E-state index contributed by atoms with van der Waals surface area (Å²) >= 11 is 1.42. The summed E-state index contributed by atoms with van der Waals surface area (Å²) in [5.41, 5.74) is 2.88. The molecule has 5 nitrogen and oxygen atoms in total. The molecule has 0 saturated heterocycles. The molecule has 1 aromatic carbocycles. The Morgan fingerprint density at radius 1 is 1.17 bits per heavy atom. The van der Waals surface area contributed by atoms with Crippen molar-refractivity contribution in [3.63, 3.8) is 0 Å². The molecule has 2 aliphatic rings. The smallest absolute Gasteiger partial charge is 0.247 e. The molecule has 0 unspecified atom stereocenters. The number of carbonyl (C=O) groups excluding carboxylic acids is 2. The number of fused-ring (bicyclic) bond motifs is 2. The lowest BCUT2D eigenvalue weighted by molar-refractivity contribution is -0.121. The highest BCUT2D eigenvalue weighted by Crippen LogP contribution is 2.33. The summed E-state index contributed by atoms with van der Waals surface area (Å²) in [6.45, 7) is 0.737. The zero-order chi connectivity index (χ0) is 15.8. The van der Waals surface area contributed by atoms with Crippen molar-refractivity contribution in [2.24, 2.45) is 0 Å². The van der Waals surface area contributed by atoms with Crippen LogP contribution in [-0.2, 0) is 16.0 Å². The van der Waals surface area contributed by atoms with E-state index in [0.717, 1.165) is 22.8 Å². The molecule has 116 valence electrons. The van der Waals surface area contributed by atoms with Gasteiger partial charge in [0.1, 0.15) is 11.6 Å². The van der Waals surface area contributed by atoms with Crippen LogP contribution in [0.1, 0.15) is 5.56 Å². The van der Waals surface area contributed by atoms with Crippen LogP contribution in [0.4, 0.5) is 11.4 Å². The molecule has 0 radical (unpaired) electrons. The molecule has 2 aliphatic heterocycles. The predicted octanol–water partition coefficient (Wildman–Crippen LogP) is 2.11. The van der Waals surface area contributed by atoms with Gasteiger partial charge in [0.25, 0.3) is 0 Å². The standard InChI is InChI=1S/C17H15N3O2S/c21-15(19-9-7-12-4-1-2-5-13(12)19)10-20-14-6-3-8-18-17(14)23-11-16(20)22/h1-6,8H,7,9-11H2. The van der Waals surface area contributed by atoms with Gasteiger partial charge in [-0.3, -0.25) is 14.5 Å². The zero-order valence-corrected chi connectivity index (χ0v) is 13.3. The number of nitrogens with zero attached hydrogens (tertiary/aromatic N) is 3. The molecule has 0 fully saturated rings. The summed E-state index contributed by atoms with van der Waals surface area (Å²) < 4.78 is 0. The Labute approximate surface area is 138 Å². The van der Waals surface area contributed by atoms with Gasteiger partial charge in [-0.15, -0.1) is 0 Å². The Hall–Kier alpha value is -2.34. The van der Waals surface area contributed by atoms with E-state index < -0.39 is 0 Å². The van der Waals surface area contributed by atoms with Crippen LogP contribution in [0.5, 0.6) is 0 Å². The number of aromatic nitrogens is 1. The van der Waals surface area contributed by atoms with Gasteiger partial charge in [-0.25, -0.2) is 4.98 Å². The van der Waals surface area contributed by atoms with Crippen LogP contribution in [0.25, 0.3) is 0 Å². The van der Waals surface area contributed by atoms with Crippen molar-refractivity contribution in [2.75, 3.05) is 28.6 Å². The number of thioether (sulfide) groups is 1. The quantitative estimate of drug-likeness (QED) is 0.849. The Bertz CT molecular complexity index is 793. The monoisotopic (exact) mass is 325 g/mol. The second kappa shape index (κ2) is 5.70. The van der Waals surface area contributed by atoms with E-state index in [1.54, 1.807) is 22.1 Å². The number of anilines is 2. The van der Waals surface area contributed by atoms with E-state index in [9.17, 15) is 9.59 Å². The first-order valence-electron chi connectivity index (χ1n) is 7.50. The second-order valence-corrected chi connectivity index (χ2v) is 6.48. The van der Waals surface area contributed by atoms with Crippen molar-refractivity contribution in [1.82, 2.24) is 4.98 Å². The number of benzene rings is 1. The minimum absolute atomic E-state index is 0.0451. The number of para-hydroxylation sites is 1. The van der Waals surface area contributed by atoms with Crippen molar-refractivity contribution in [3.05, 3.63) is 48.2 Å². The Morgan fingerprint density at radius 3 is 2.91 bits per heavy atom. The fourth-order valence-corrected chi connectivity index (χ4v) is 3.91. The molecule has 1 aromatic heterocycles. The molecular formula is C17H15N3O2S. The van der Waals surface area contributed by atoms with Crippen molar-refractivity contribution in [2.45, 2.75) is 11.4 Å². The third-order valence-corrected chi connectivity index (χ3v) is 5.14. The van der Waals surface area contributed by atoms with Crippen LogP contribution in [0.2, 0.25) is 0 Å². The van der Waals surface area contributed by atoms with Gasteiger partial charge >= 0.3 is 0 Å². The van der Waals surface area contributed by atoms with Gasteiger partial charge in [-0.05, 0) is 30.2 Å². The van der Waals surface area contributed by atoms with E-state index in [1.807, 2.05) is 30.3 Å². The van der Waals surface area contributed by atoms with Gasteiger partial charge in [0.05, 0.1) is 11.4 Å². The predicted molar refractivity (Wildman–Crippen MR) is 89.8 cm³/mol. The highest BCUT2D eigenvalue weighted by atomic mass is 32.2. The summed E-state index contributed by atoms with van der Waals surface area (Å²) in [4.78, 5) is 32.6. The maximum Gasteiger partial charge on any atom is 0.247 e. The van der Waals surface area contributed by atoms with Gasteiger partial charge in [-0.2, -0.15) is 0 Å². The van der Waals surface area contributed by atoms with E-state index in [1.165, 1.54) is 17.3 Å². The lowest BCUT2D eigenvalue weighted by Crippen LogP contribution is -2.44. The summed E-state index contributed by atoms with van der Waals surface area (Å²) in [5, 5.41) is 0.807. The third-order valence-electron chi connectivity index (χ3n) is 4.16. The average molecular weight is 325 g/mol. The van der Waals surface area contributed by atoms with Gasteiger partial charge < -0.3 is 4.90 Å². The number of carbonyl (C=O) groups is 2. The molecular weight excluding hydrogens is 310 g/mol. The summed E-state index contributed by atoms with van der Waals surface area (Å²) in [7, 11) is 0. The van der Waals surface area contributed by atoms with Crippen LogP contribution in [0.15, 0.2) is 47.6 Å². The SMILES string of the molecule is O=C(CN1C(=O)CSc2ncccc21)N1CCc2ccccc21. The zero-order valence-electron chi connectivity index (χ0n) is 12.4. The molecule has 4 rings (SSSR count). The second-order valence-electron chi connectivity index (χ2n) is 5.52. The number of amides is 2. The Balaban J connectivity index is 1.59. The first-order valence-corrected chi connectivity index (χ1v) is 8.49. The molecule has 2 aromatic rings. The van der Waals surface area contributed by atoms with Crippen molar-refractivity contribution >= 4 is 35.0 Å². The van der Waals surface area contributed by atoms with E-state index in [2.05, 4.69) is 4.98 Å².